The van der Waals surface area contributed by atoms with E-state index in [1.807, 2.05) is 18.2 Å². The topological polar surface area (TPSA) is 78.5 Å². The third-order valence-electron chi connectivity index (χ3n) is 5.47. The lowest BCUT2D eigenvalue weighted by molar-refractivity contribution is 0.0877. The number of nitrogens with zero attached hydrogens (tertiary/aromatic N) is 1. The second kappa shape index (κ2) is 7.94. The van der Waals surface area contributed by atoms with E-state index in [2.05, 4.69) is 27.7 Å². The molecule has 4 rings (SSSR count). The number of nitrogens with one attached hydrogen (secondary N) is 2. The number of hydrogen-bond donors (Lipinski definition) is 2. The van der Waals surface area contributed by atoms with Crippen LogP contribution < -0.4 is 10.6 Å². The van der Waals surface area contributed by atoms with Crippen molar-refractivity contribution in [2.24, 2.45) is 0 Å². The first-order chi connectivity index (χ1) is 13.6. The van der Waals surface area contributed by atoms with Gasteiger partial charge in [0.1, 0.15) is 0 Å². The number of imide groups is 1. The summed E-state index contributed by atoms with van der Waals surface area (Å²) in [7, 11) is 0. The predicted molar refractivity (Wildman–Crippen MR) is 105 cm³/mol. The monoisotopic (exact) mass is 377 g/mol. The van der Waals surface area contributed by atoms with Gasteiger partial charge >= 0.3 is 0 Å². The number of benzene rings is 2. The van der Waals surface area contributed by atoms with Crippen LogP contribution in [0.2, 0.25) is 0 Å². The predicted octanol–water partition coefficient (Wildman–Crippen LogP) is 2.35. The number of rotatable bonds is 5. The number of carbonyl (C=O) groups excluding carboxylic acids is 3. The number of hydrogen-bond acceptors (Lipinski definition) is 4. The number of amides is 3. The Balaban J connectivity index is 1.40. The van der Waals surface area contributed by atoms with Gasteiger partial charge in [0, 0.05) is 24.7 Å². The van der Waals surface area contributed by atoms with Crippen LogP contribution in [-0.2, 0) is 6.54 Å². The van der Waals surface area contributed by atoms with Gasteiger partial charge in [-0.15, -0.1) is 0 Å². The molecule has 0 aliphatic carbocycles. The SMILES string of the molecule is O=C(NCC1CCCCN1Cc1ccccc1)c1ccc2c(c1)C(=O)NC2=O. The van der Waals surface area contributed by atoms with Crippen molar-refractivity contribution in [3.05, 3.63) is 70.8 Å². The molecule has 28 heavy (non-hydrogen) atoms. The standard InChI is InChI=1S/C22H23N3O3/c26-20(16-9-10-18-19(12-16)22(28)24-21(18)27)23-13-17-8-4-5-11-25(17)14-15-6-2-1-3-7-15/h1-3,6-7,9-10,12,17H,4-5,8,11,13-14H2,(H,23,26)(H,24,27,28). The molecule has 0 bridgehead atoms. The fourth-order valence-electron chi connectivity index (χ4n) is 3.94. The zero-order valence-corrected chi connectivity index (χ0v) is 15.6. The van der Waals surface area contributed by atoms with Gasteiger partial charge in [-0.05, 0) is 43.1 Å². The van der Waals surface area contributed by atoms with E-state index in [0.29, 0.717) is 17.7 Å². The van der Waals surface area contributed by atoms with E-state index in [4.69, 9.17) is 0 Å². The first kappa shape index (κ1) is 18.4. The maximum atomic E-state index is 12.6. The summed E-state index contributed by atoms with van der Waals surface area (Å²) in [6, 6.07) is 15.3. The molecule has 1 unspecified atom stereocenters. The van der Waals surface area contributed by atoms with E-state index >= 15 is 0 Å². The maximum Gasteiger partial charge on any atom is 0.258 e. The lowest BCUT2D eigenvalue weighted by Gasteiger charge is -2.36. The van der Waals surface area contributed by atoms with Crippen molar-refractivity contribution in [2.75, 3.05) is 13.1 Å². The Bertz CT molecular complexity index is 910. The van der Waals surface area contributed by atoms with E-state index in [1.165, 1.54) is 24.1 Å². The van der Waals surface area contributed by atoms with Gasteiger partial charge in [-0.1, -0.05) is 36.8 Å². The lowest BCUT2D eigenvalue weighted by Crippen LogP contribution is -2.46. The smallest absolute Gasteiger partial charge is 0.258 e. The molecule has 0 aromatic heterocycles. The molecule has 1 fully saturated rings. The van der Waals surface area contributed by atoms with Crippen LogP contribution in [0.1, 0.15) is 55.9 Å². The van der Waals surface area contributed by atoms with Crippen LogP contribution in [0.5, 0.6) is 0 Å². The van der Waals surface area contributed by atoms with Crippen molar-refractivity contribution in [3.8, 4) is 0 Å². The normalized spacial score (nSPS) is 19.2. The summed E-state index contributed by atoms with van der Waals surface area (Å²) in [6.45, 7) is 2.47. The quantitative estimate of drug-likeness (QED) is 0.784. The Kier molecular flexibility index (Phi) is 5.21. The third-order valence-corrected chi connectivity index (χ3v) is 5.47. The molecule has 0 saturated carbocycles. The Morgan fingerprint density at radius 3 is 2.64 bits per heavy atom. The first-order valence-electron chi connectivity index (χ1n) is 9.68. The molecule has 0 spiro atoms. The first-order valence-corrected chi connectivity index (χ1v) is 9.68. The Labute approximate surface area is 163 Å². The van der Waals surface area contributed by atoms with E-state index in [1.54, 1.807) is 6.07 Å². The average molecular weight is 377 g/mol. The third kappa shape index (κ3) is 3.82. The molecule has 2 aliphatic heterocycles. The zero-order valence-electron chi connectivity index (χ0n) is 15.6. The van der Waals surface area contributed by atoms with Crippen molar-refractivity contribution >= 4 is 17.7 Å². The minimum Gasteiger partial charge on any atom is -0.350 e. The second-order valence-corrected chi connectivity index (χ2v) is 7.36. The number of carbonyl (C=O) groups is 3. The summed E-state index contributed by atoms with van der Waals surface area (Å²) < 4.78 is 0. The van der Waals surface area contributed by atoms with Crippen LogP contribution >= 0.6 is 0 Å². The van der Waals surface area contributed by atoms with Crippen molar-refractivity contribution in [1.29, 1.82) is 0 Å². The number of likely N-dealkylation sites (tertiary alicyclic amines) is 1. The summed E-state index contributed by atoms with van der Waals surface area (Å²) in [4.78, 5) is 38.5. The highest BCUT2D eigenvalue weighted by atomic mass is 16.2. The van der Waals surface area contributed by atoms with Crippen LogP contribution in [0.25, 0.3) is 0 Å². The number of piperidine rings is 1. The molecule has 2 N–H and O–H groups in total. The average Bonchev–Trinajstić information content (AvgIpc) is 3.01. The van der Waals surface area contributed by atoms with E-state index in [0.717, 1.165) is 25.9 Å². The molecular weight excluding hydrogens is 354 g/mol. The van der Waals surface area contributed by atoms with Crippen LogP contribution in [0.15, 0.2) is 48.5 Å². The van der Waals surface area contributed by atoms with Gasteiger partial charge in [0.05, 0.1) is 11.1 Å². The van der Waals surface area contributed by atoms with Crippen molar-refractivity contribution < 1.29 is 14.4 Å². The van der Waals surface area contributed by atoms with Gasteiger partial charge in [-0.2, -0.15) is 0 Å². The summed E-state index contributed by atoms with van der Waals surface area (Å²) in [5.41, 5.74) is 2.26. The molecule has 2 aliphatic rings. The van der Waals surface area contributed by atoms with E-state index in [-0.39, 0.29) is 17.5 Å². The molecule has 1 atom stereocenters. The summed E-state index contributed by atoms with van der Waals surface area (Å²) in [5.74, 6) is -1.08. The van der Waals surface area contributed by atoms with E-state index < -0.39 is 11.8 Å². The molecule has 6 nitrogen and oxygen atoms in total. The Hall–Kier alpha value is -2.99. The van der Waals surface area contributed by atoms with Crippen LogP contribution in [0.4, 0.5) is 0 Å². The lowest BCUT2D eigenvalue weighted by atomic mass is 10.0. The fraction of sp³-hybridized carbons (Fsp3) is 0.318. The second-order valence-electron chi connectivity index (χ2n) is 7.36. The molecule has 3 amide bonds. The molecule has 144 valence electrons. The summed E-state index contributed by atoms with van der Waals surface area (Å²) >= 11 is 0. The van der Waals surface area contributed by atoms with E-state index in [9.17, 15) is 14.4 Å². The molecule has 1 saturated heterocycles. The molecule has 0 radical (unpaired) electrons. The van der Waals surface area contributed by atoms with Gasteiger partial charge in [0.25, 0.3) is 17.7 Å². The van der Waals surface area contributed by atoms with Gasteiger partial charge in [0.2, 0.25) is 0 Å². The van der Waals surface area contributed by atoms with Crippen molar-refractivity contribution in [3.63, 3.8) is 0 Å². The largest absolute Gasteiger partial charge is 0.350 e. The van der Waals surface area contributed by atoms with Gasteiger partial charge in [-0.25, -0.2) is 0 Å². The minimum absolute atomic E-state index is 0.222. The highest BCUT2D eigenvalue weighted by molar-refractivity contribution is 6.22. The minimum atomic E-state index is -0.448. The van der Waals surface area contributed by atoms with Gasteiger partial charge < -0.3 is 5.32 Å². The zero-order chi connectivity index (χ0) is 19.5. The molecule has 2 aromatic carbocycles. The van der Waals surface area contributed by atoms with Crippen molar-refractivity contribution in [2.45, 2.75) is 31.8 Å². The highest BCUT2D eigenvalue weighted by Crippen LogP contribution is 2.20. The molecular formula is C22H23N3O3. The summed E-state index contributed by atoms with van der Waals surface area (Å²) in [5, 5.41) is 5.25. The van der Waals surface area contributed by atoms with Crippen LogP contribution in [0, 0.1) is 0 Å². The molecule has 6 heteroatoms. The maximum absolute atomic E-state index is 12.6. The summed E-state index contributed by atoms with van der Waals surface area (Å²) in [6.07, 6.45) is 3.38. The Morgan fingerprint density at radius 1 is 1.04 bits per heavy atom. The van der Waals surface area contributed by atoms with Crippen LogP contribution in [0.3, 0.4) is 0 Å². The Morgan fingerprint density at radius 2 is 1.82 bits per heavy atom. The highest BCUT2D eigenvalue weighted by Gasteiger charge is 2.28. The fourth-order valence-corrected chi connectivity index (χ4v) is 3.94. The molecule has 2 aromatic rings. The molecule has 2 heterocycles. The number of fused-ring (bicyclic) bond motifs is 1. The van der Waals surface area contributed by atoms with Crippen molar-refractivity contribution in [1.82, 2.24) is 15.5 Å². The van der Waals surface area contributed by atoms with Gasteiger partial charge in [-0.3, -0.25) is 24.6 Å². The van der Waals surface area contributed by atoms with Gasteiger partial charge in [0.15, 0.2) is 0 Å². The van der Waals surface area contributed by atoms with Crippen LogP contribution in [-0.4, -0.2) is 41.8 Å².